The summed E-state index contributed by atoms with van der Waals surface area (Å²) < 4.78 is 7.83. The second-order valence-electron chi connectivity index (χ2n) is 7.03. The average Bonchev–Trinajstić information content (AvgIpc) is 3.30. The molecule has 0 aliphatic carbocycles. The van der Waals surface area contributed by atoms with Crippen LogP contribution >= 0.6 is 12.2 Å². The van der Waals surface area contributed by atoms with E-state index in [4.69, 9.17) is 17.0 Å². The molecule has 27 heavy (non-hydrogen) atoms. The fourth-order valence-electron chi connectivity index (χ4n) is 3.67. The van der Waals surface area contributed by atoms with E-state index < -0.39 is 0 Å². The van der Waals surface area contributed by atoms with Crippen LogP contribution < -0.4 is 4.74 Å². The lowest BCUT2D eigenvalue weighted by Gasteiger charge is -2.25. The zero-order valence-corrected chi connectivity index (χ0v) is 16.5. The van der Waals surface area contributed by atoms with E-state index >= 15 is 0 Å². The summed E-state index contributed by atoms with van der Waals surface area (Å²) in [5.74, 6) is 1.71. The number of benzene rings is 2. The minimum Gasteiger partial charge on any atom is -0.497 e. The minimum absolute atomic E-state index is 0.393. The Morgan fingerprint density at radius 1 is 1.15 bits per heavy atom. The van der Waals surface area contributed by atoms with Crippen LogP contribution in [0.2, 0.25) is 0 Å². The van der Waals surface area contributed by atoms with Gasteiger partial charge in [0.25, 0.3) is 0 Å². The third-order valence-corrected chi connectivity index (χ3v) is 5.50. The standard InChI is InChI=1S/C21H24N4OS/c1-15-5-7-17(8-6-15)20-22-21(27)25(23-20)14-24-13-3-4-19(24)16-9-11-18(26-2)12-10-16/h5-12,19H,3-4,13-14H2,1-2H3,(H,22,23,27)/t19-/m0/s1. The Morgan fingerprint density at radius 3 is 2.59 bits per heavy atom. The van der Waals surface area contributed by atoms with Crippen LogP contribution in [0.5, 0.6) is 5.75 Å². The number of aromatic amines is 1. The fraction of sp³-hybridized carbons (Fsp3) is 0.333. The molecule has 4 rings (SSSR count). The van der Waals surface area contributed by atoms with Crippen molar-refractivity contribution in [2.45, 2.75) is 32.5 Å². The maximum atomic E-state index is 5.50. The summed E-state index contributed by atoms with van der Waals surface area (Å²) in [5, 5.41) is 3.37. The second kappa shape index (κ2) is 7.66. The van der Waals surface area contributed by atoms with Gasteiger partial charge in [-0.2, -0.15) is 4.98 Å². The number of aryl methyl sites for hydroxylation is 1. The molecular formula is C21H24N4OS. The van der Waals surface area contributed by atoms with Crippen molar-refractivity contribution in [2.24, 2.45) is 0 Å². The van der Waals surface area contributed by atoms with Gasteiger partial charge in [-0.25, -0.2) is 4.68 Å². The van der Waals surface area contributed by atoms with E-state index in [1.807, 2.05) is 16.8 Å². The number of rotatable bonds is 5. The van der Waals surface area contributed by atoms with Crippen molar-refractivity contribution in [1.29, 1.82) is 0 Å². The number of nitrogens with one attached hydrogen (secondary N) is 1. The Balaban J connectivity index is 1.54. The van der Waals surface area contributed by atoms with Crippen LogP contribution in [0.4, 0.5) is 0 Å². The van der Waals surface area contributed by atoms with Crippen molar-refractivity contribution < 1.29 is 4.74 Å². The van der Waals surface area contributed by atoms with Crippen molar-refractivity contribution in [3.63, 3.8) is 0 Å². The van der Waals surface area contributed by atoms with Crippen LogP contribution in [0.1, 0.15) is 30.0 Å². The summed E-state index contributed by atoms with van der Waals surface area (Å²) in [6, 6.07) is 17.1. The molecule has 3 aromatic rings. The SMILES string of the molecule is COc1ccc([C@@H]2CCCN2Cn2[nH]c(-c3ccc(C)cc3)nc2=S)cc1. The molecule has 140 valence electrons. The lowest BCUT2D eigenvalue weighted by Crippen LogP contribution is -2.26. The van der Waals surface area contributed by atoms with Crippen LogP contribution in [-0.4, -0.2) is 33.3 Å². The van der Waals surface area contributed by atoms with Crippen LogP contribution in [-0.2, 0) is 6.67 Å². The normalized spacial score (nSPS) is 17.3. The first-order valence-corrected chi connectivity index (χ1v) is 9.67. The smallest absolute Gasteiger partial charge is 0.217 e. The highest BCUT2D eigenvalue weighted by atomic mass is 32.1. The highest BCUT2D eigenvalue weighted by molar-refractivity contribution is 7.71. The number of hydrogen-bond donors (Lipinski definition) is 1. The van der Waals surface area contributed by atoms with E-state index in [0.29, 0.717) is 17.5 Å². The number of nitrogens with zero attached hydrogens (tertiary/aromatic N) is 3. The number of ether oxygens (including phenoxy) is 1. The highest BCUT2D eigenvalue weighted by Crippen LogP contribution is 2.33. The first-order chi connectivity index (χ1) is 13.1. The molecule has 5 nitrogen and oxygen atoms in total. The van der Waals surface area contributed by atoms with Crippen molar-refractivity contribution in [1.82, 2.24) is 19.7 Å². The van der Waals surface area contributed by atoms with Gasteiger partial charge >= 0.3 is 0 Å². The predicted molar refractivity (Wildman–Crippen MR) is 109 cm³/mol. The Kier molecular flexibility index (Phi) is 5.09. The Bertz CT molecular complexity index is 959. The summed E-state index contributed by atoms with van der Waals surface area (Å²) in [6.45, 7) is 3.85. The van der Waals surface area contributed by atoms with Gasteiger partial charge < -0.3 is 4.74 Å². The van der Waals surface area contributed by atoms with Crippen LogP contribution in [0.3, 0.4) is 0 Å². The molecule has 2 aromatic carbocycles. The third-order valence-electron chi connectivity index (χ3n) is 5.19. The van der Waals surface area contributed by atoms with Crippen molar-refractivity contribution in [3.05, 3.63) is 64.4 Å². The molecule has 1 atom stereocenters. The number of H-pyrrole nitrogens is 1. The predicted octanol–water partition coefficient (Wildman–Crippen LogP) is 4.72. The molecule has 1 N–H and O–H groups in total. The van der Waals surface area contributed by atoms with Crippen LogP contribution in [0.25, 0.3) is 11.4 Å². The van der Waals surface area contributed by atoms with Crippen molar-refractivity contribution in [3.8, 4) is 17.1 Å². The second-order valence-corrected chi connectivity index (χ2v) is 7.40. The van der Waals surface area contributed by atoms with Crippen molar-refractivity contribution in [2.75, 3.05) is 13.7 Å². The van der Waals surface area contributed by atoms with Gasteiger partial charge in [0.1, 0.15) is 5.75 Å². The van der Waals surface area contributed by atoms with E-state index in [0.717, 1.165) is 30.1 Å². The summed E-state index contributed by atoms with van der Waals surface area (Å²) in [4.78, 5) is 7.01. The monoisotopic (exact) mass is 380 g/mol. The van der Waals surface area contributed by atoms with Gasteiger partial charge in [-0.15, -0.1) is 0 Å². The largest absolute Gasteiger partial charge is 0.497 e. The molecule has 6 heteroatoms. The fourth-order valence-corrected chi connectivity index (χ4v) is 3.87. The van der Waals surface area contributed by atoms with Crippen LogP contribution in [0, 0.1) is 11.7 Å². The Hall–Kier alpha value is -2.44. The molecule has 1 aliphatic heterocycles. The number of aromatic nitrogens is 3. The molecule has 1 fully saturated rings. The first-order valence-electron chi connectivity index (χ1n) is 9.26. The molecule has 0 radical (unpaired) electrons. The average molecular weight is 381 g/mol. The molecule has 0 bridgehead atoms. The molecule has 0 unspecified atom stereocenters. The molecular weight excluding hydrogens is 356 g/mol. The van der Waals surface area contributed by atoms with E-state index in [1.54, 1.807) is 7.11 Å². The maximum Gasteiger partial charge on any atom is 0.217 e. The van der Waals surface area contributed by atoms with Gasteiger partial charge in [0.2, 0.25) is 4.77 Å². The topological polar surface area (TPSA) is 46.1 Å². The van der Waals surface area contributed by atoms with Gasteiger partial charge in [0.05, 0.1) is 13.8 Å². The number of methoxy groups -OCH3 is 1. The molecule has 1 saturated heterocycles. The lowest BCUT2D eigenvalue weighted by molar-refractivity contribution is 0.190. The third kappa shape index (κ3) is 3.82. The quantitative estimate of drug-likeness (QED) is 0.651. The van der Waals surface area contributed by atoms with Gasteiger partial charge in [-0.3, -0.25) is 10.00 Å². The zero-order valence-electron chi connectivity index (χ0n) is 15.7. The molecule has 2 heterocycles. The Labute approximate surface area is 164 Å². The molecule has 0 amide bonds. The van der Waals surface area contributed by atoms with Gasteiger partial charge in [-0.1, -0.05) is 42.0 Å². The molecule has 0 saturated carbocycles. The molecule has 1 aliphatic rings. The van der Waals surface area contributed by atoms with Crippen LogP contribution in [0.15, 0.2) is 48.5 Å². The maximum absolute atomic E-state index is 5.50. The van der Waals surface area contributed by atoms with E-state index in [1.165, 1.54) is 17.5 Å². The van der Waals surface area contributed by atoms with Crippen molar-refractivity contribution >= 4 is 12.2 Å². The molecule has 0 spiro atoms. The van der Waals surface area contributed by atoms with Gasteiger partial charge in [0.15, 0.2) is 5.82 Å². The number of likely N-dealkylation sites (tertiary alicyclic amines) is 1. The van der Waals surface area contributed by atoms with E-state index in [-0.39, 0.29) is 0 Å². The zero-order chi connectivity index (χ0) is 18.8. The summed E-state index contributed by atoms with van der Waals surface area (Å²) >= 11 is 5.50. The molecule has 1 aromatic heterocycles. The summed E-state index contributed by atoms with van der Waals surface area (Å²) in [5.41, 5.74) is 3.60. The van der Waals surface area contributed by atoms with E-state index in [9.17, 15) is 0 Å². The summed E-state index contributed by atoms with van der Waals surface area (Å²) in [7, 11) is 1.70. The first kappa shape index (κ1) is 17.9. The minimum atomic E-state index is 0.393. The van der Waals surface area contributed by atoms with E-state index in [2.05, 4.69) is 58.3 Å². The lowest BCUT2D eigenvalue weighted by atomic mass is 10.0. The van der Waals surface area contributed by atoms with Gasteiger partial charge in [0, 0.05) is 18.2 Å². The highest BCUT2D eigenvalue weighted by Gasteiger charge is 2.26. The number of hydrogen-bond acceptors (Lipinski definition) is 4. The van der Waals surface area contributed by atoms with Gasteiger partial charge in [-0.05, 0) is 49.7 Å². The Morgan fingerprint density at radius 2 is 1.89 bits per heavy atom. The summed E-state index contributed by atoms with van der Waals surface area (Å²) in [6.07, 6.45) is 2.33.